The molecule has 0 bridgehead atoms. The minimum Gasteiger partial charge on any atom is -0.496 e. The van der Waals surface area contributed by atoms with Gasteiger partial charge in [0.15, 0.2) is 0 Å². The Morgan fingerprint density at radius 1 is 0.836 bits per heavy atom. The highest BCUT2D eigenvalue weighted by Crippen LogP contribution is 2.37. The summed E-state index contributed by atoms with van der Waals surface area (Å²) in [5.74, 6) is -1.95. The SMILES string of the molecule is COc1cc(Cn2ncc3c(-c4cccc(COc5cc(OCc6cncc(C#N)c6)c(CC[C@@H](CO)C(=O)O)cc5Cl)c4C)cccc32)c(Cl)cc1CN[C@@H](CO)C(=O)O. The van der Waals surface area contributed by atoms with E-state index in [1.54, 1.807) is 36.5 Å². The van der Waals surface area contributed by atoms with Crippen molar-refractivity contribution in [2.75, 3.05) is 20.3 Å². The van der Waals surface area contributed by atoms with Crippen molar-refractivity contribution in [3.63, 3.8) is 0 Å². The normalized spacial score (nSPS) is 12.1. The molecule has 0 spiro atoms. The number of halogens is 2. The van der Waals surface area contributed by atoms with Crippen molar-refractivity contribution >= 4 is 46.0 Å². The monoisotopic (exact) mass is 867 g/mol. The molecule has 5 N–H and O–H groups in total. The number of nitrogens with one attached hydrogen (secondary N) is 1. The van der Waals surface area contributed by atoms with Crippen molar-refractivity contribution in [3.8, 4) is 34.4 Å². The molecule has 0 aliphatic carbocycles. The van der Waals surface area contributed by atoms with Crippen LogP contribution in [-0.4, -0.2) is 73.5 Å². The molecule has 316 valence electrons. The lowest BCUT2D eigenvalue weighted by atomic mass is 9.94. The molecule has 0 radical (unpaired) electrons. The Kier molecular flexibility index (Phi) is 14.8. The number of aliphatic hydroxyl groups is 2. The Hall–Kier alpha value is -6.21. The lowest BCUT2D eigenvalue weighted by Gasteiger charge is -2.18. The van der Waals surface area contributed by atoms with Crippen LogP contribution in [0.25, 0.3) is 22.0 Å². The highest BCUT2D eigenvalue weighted by atomic mass is 35.5. The van der Waals surface area contributed by atoms with Crippen LogP contribution in [0.1, 0.15) is 45.4 Å². The zero-order valence-corrected chi connectivity index (χ0v) is 34.8. The van der Waals surface area contributed by atoms with Gasteiger partial charge in [-0.25, -0.2) is 0 Å². The van der Waals surface area contributed by atoms with Crippen LogP contribution in [0, 0.1) is 24.2 Å². The van der Waals surface area contributed by atoms with Crippen LogP contribution >= 0.6 is 23.2 Å². The molecule has 2 aromatic heterocycles. The third kappa shape index (κ3) is 10.6. The van der Waals surface area contributed by atoms with Crippen LogP contribution in [0.5, 0.6) is 17.2 Å². The van der Waals surface area contributed by atoms with Crippen molar-refractivity contribution in [1.82, 2.24) is 20.1 Å². The minimum atomic E-state index is -1.17. The fourth-order valence-corrected chi connectivity index (χ4v) is 7.38. The Bertz CT molecular complexity index is 2590. The van der Waals surface area contributed by atoms with Gasteiger partial charge in [0.25, 0.3) is 0 Å². The quantitative estimate of drug-likeness (QED) is 0.0526. The number of carboxylic acid groups (broad SMARTS) is 2. The van der Waals surface area contributed by atoms with Crippen LogP contribution in [0.2, 0.25) is 10.0 Å². The number of ether oxygens (including phenoxy) is 3. The smallest absolute Gasteiger partial charge is 0.323 e. The van der Waals surface area contributed by atoms with E-state index in [0.29, 0.717) is 56.1 Å². The predicted octanol–water partition coefficient (Wildman–Crippen LogP) is 6.96. The number of rotatable bonds is 20. The molecule has 16 heteroatoms. The number of aromatic nitrogens is 3. The number of nitriles is 1. The predicted molar refractivity (Wildman–Crippen MR) is 228 cm³/mol. The maximum atomic E-state index is 11.6. The molecule has 0 saturated heterocycles. The highest BCUT2D eigenvalue weighted by Gasteiger charge is 2.21. The number of aliphatic carboxylic acids is 2. The molecule has 6 aromatic rings. The second kappa shape index (κ2) is 20.4. The van der Waals surface area contributed by atoms with E-state index < -0.39 is 37.1 Å². The van der Waals surface area contributed by atoms with E-state index in [-0.39, 0.29) is 32.6 Å². The standard InChI is InChI=1S/C45H43Cl2N5O9/c1-26-31(25-61-43-15-42(60-24-28-11-27(16-48)17-49-18-28)29(12-38(43)47)9-10-30(22-53)44(55)56)5-3-6-34(26)35-7-4-8-40-36(35)20-51-52(40)21-33-14-41(59-2)32(13-37(33)46)19-50-39(23-54)45(57)58/h3-8,11-15,17-18,20,30,39,50,53-54H,9-10,19,21-25H2,1-2H3,(H,55,56)(H,57,58)/t30-,39-/m0/s1. The molecule has 0 fully saturated rings. The number of carboxylic acids is 2. The first-order valence-electron chi connectivity index (χ1n) is 19.2. The Balaban J connectivity index is 1.23. The average molecular weight is 869 g/mol. The first kappa shape index (κ1) is 44.3. The number of carbonyl (C=O) groups is 2. The number of hydrogen-bond acceptors (Lipinski definition) is 11. The van der Waals surface area contributed by atoms with Gasteiger partial charge in [-0.3, -0.25) is 24.6 Å². The van der Waals surface area contributed by atoms with Crippen molar-refractivity contribution < 1.29 is 44.2 Å². The molecule has 0 aliphatic rings. The van der Waals surface area contributed by atoms with E-state index in [0.717, 1.165) is 38.7 Å². The molecule has 61 heavy (non-hydrogen) atoms. The zero-order chi connectivity index (χ0) is 43.6. The van der Waals surface area contributed by atoms with Crippen LogP contribution in [0.4, 0.5) is 0 Å². The van der Waals surface area contributed by atoms with Gasteiger partial charge in [-0.05, 0) is 83.5 Å². The summed E-state index contributed by atoms with van der Waals surface area (Å²) in [5, 5.41) is 56.3. The third-order valence-corrected chi connectivity index (χ3v) is 11.0. The fourth-order valence-electron chi connectivity index (χ4n) is 6.89. The molecule has 14 nitrogen and oxygen atoms in total. The molecule has 4 aromatic carbocycles. The average Bonchev–Trinajstić information content (AvgIpc) is 3.67. The minimum absolute atomic E-state index is 0.0795. The van der Waals surface area contributed by atoms with E-state index >= 15 is 0 Å². The third-order valence-electron chi connectivity index (χ3n) is 10.4. The largest absolute Gasteiger partial charge is 0.496 e. The summed E-state index contributed by atoms with van der Waals surface area (Å²) in [6, 6.07) is 21.4. The number of aliphatic hydroxyl groups excluding tert-OH is 2. The number of benzene rings is 4. The van der Waals surface area contributed by atoms with Gasteiger partial charge < -0.3 is 34.6 Å². The molecule has 2 heterocycles. The number of methoxy groups -OCH3 is 1. The van der Waals surface area contributed by atoms with E-state index in [1.165, 1.54) is 13.3 Å². The molecule has 0 saturated carbocycles. The van der Waals surface area contributed by atoms with Gasteiger partial charge in [-0.15, -0.1) is 0 Å². The molecule has 0 unspecified atom stereocenters. The Morgan fingerprint density at radius 2 is 1.59 bits per heavy atom. The van der Waals surface area contributed by atoms with Crippen molar-refractivity contribution in [1.29, 1.82) is 5.26 Å². The number of pyridine rings is 1. The van der Waals surface area contributed by atoms with E-state index in [1.807, 2.05) is 54.2 Å². The summed E-state index contributed by atoms with van der Waals surface area (Å²) in [4.78, 5) is 27.1. The van der Waals surface area contributed by atoms with Crippen molar-refractivity contribution in [3.05, 3.63) is 134 Å². The van der Waals surface area contributed by atoms with Crippen LogP contribution in [-0.2, 0) is 42.3 Å². The Labute approximate surface area is 361 Å². The second-order valence-corrected chi connectivity index (χ2v) is 15.1. The van der Waals surface area contributed by atoms with Crippen molar-refractivity contribution in [2.45, 2.75) is 52.1 Å². The summed E-state index contributed by atoms with van der Waals surface area (Å²) in [6.45, 7) is 1.63. The van der Waals surface area contributed by atoms with Gasteiger partial charge in [0.05, 0.1) is 55.1 Å². The summed E-state index contributed by atoms with van der Waals surface area (Å²) in [7, 11) is 1.52. The molecular weight excluding hydrogens is 825 g/mol. The molecular formula is C45H43Cl2N5O9. The zero-order valence-electron chi connectivity index (χ0n) is 33.3. The molecule has 2 atom stereocenters. The van der Waals surface area contributed by atoms with Crippen LogP contribution < -0.4 is 19.5 Å². The lowest BCUT2D eigenvalue weighted by Crippen LogP contribution is -2.39. The summed E-state index contributed by atoms with van der Waals surface area (Å²) in [5.41, 5.74) is 7.73. The number of aryl methyl sites for hydroxylation is 1. The van der Waals surface area contributed by atoms with E-state index in [2.05, 4.69) is 16.4 Å². The molecule has 0 aliphatic heterocycles. The van der Waals surface area contributed by atoms with E-state index in [4.69, 9.17) is 42.5 Å². The number of nitrogens with zero attached hydrogens (tertiary/aromatic N) is 4. The van der Waals surface area contributed by atoms with Gasteiger partial charge in [-0.1, -0.05) is 53.5 Å². The highest BCUT2D eigenvalue weighted by molar-refractivity contribution is 6.32. The van der Waals surface area contributed by atoms with Gasteiger partial charge in [0.2, 0.25) is 0 Å². The number of hydrogen-bond donors (Lipinski definition) is 5. The van der Waals surface area contributed by atoms with Crippen LogP contribution in [0.15, 0.2) is 85.3 Å². The summed E-state index contributed by atoms with van der Waals surface area (Å²) in [6.07, 6.45) is 5.28. The molecule has 6 rings (SSSR count). The first-order chi connectivity index (χ1) is 29.4. The lowest BCUT2D eigenvalue weighted by molar-refractivity contribution is -0.143. The first-order valence-corrected chi connectivity index (χ1v) is 19.9. The van der Waals surface area contributed by atoms with E-state index in [9.17, 15) is 35.3 Å². The fraction of sp³-hybridized carbons (Fsp3) is 0.267. The molecule has 0 amide bonds. The second-order valence-electron chi connectivity index (χ2n) is 14.3. The topological polar surface area (TPSA) is 209 Å². The maximum Gasteiger partial charge on any atom is 0.323 e. The van der Waals surface area contributed by atoms with Gasteiger partial charge in [-0.2, -0.15) is 10.4 Å². The van der Waals surface area contributed by atoms with Crippen LogP contribution in [0.3, 0.4) is 0 Å². The number of fused-ring (bicyclic) bond motifs is 1. The summed E-state index contributed by atoms with van der Waals surface area (Å²) >= 11 is 13.5. The summed E-state index contributed by atoms with van der Waals surface area (Å²) < 4.78 is 20.0. The van der Waals surface area contributed by atoms with Gasteiger partial charge >= 0.3 is 11.9 Å². The van der Waals surface area contributed by atoms with Gasteiger partial charge in [0.1, 0.15) is 42.6 Å². The van der Waals surface area contributed by atoms with Crippen molar-refractivity contribution in [2.24, 2.45) is 5.92 Å². The maximum absolute atomic E-state index is 11.6. The Morgan fingerprint density at radius 3 is 2.31 bits per heavy atom. The van der Waals surface area contributed by atoms with Gasteiger partial charge in [0, 0.05) is 46.5 Å².